The molecule has 214 valence electrons. The molecular formula is C39H26BNO2S2. The van der Waals surface area contributed by atoms with Crippen LogP contribution in [0.1, 0.15) is 25.0 Å². The zero-order valence-electron chi connectivity index (χ0n) is 24.7. The van der Waals surface area contributed by atoms with E-state index in [-0.39, 0.29) is 12.1 Å². The fraction of sp³-hybridized carbons (Fsp3) is 0.0769. The molecule has 6 heteroatoms. The maximum Gasteiger partial charge on any atom is 0.260 e. The van der Waals surface area contributed by atoms with Gasteiger partial charge in [0.1, 0.15) is 28.0 Å². The summed E-state index contributed by atoms with van der Waals surface area (Å²) in [6.45, 7) is 4.74. The second-order valence-electron chi connectivity index (χ2n) is 12.5. The highest BCUT2D eigenvalue weighted by Crippen LogP contribution is 2.58. The van der Waals surface area contributed by atoms with Crippen LogP contribution < -0.4 is 30.8 Å². The van der Waals surface area contributed by atoms with Gasteiger partial charge < -0.3 is 14.4 Å². The summed E-state index contributed by atoms with van der Waals surface area (Å²) in [6, 6.07) is 41.3. The van der Waals surface area contributed by atoms with Crippen molar-refractivity contribution in [3.8, 4) is 34.1 Å². The van der Waals surface area contributed by atoms with Gasteiger partial charge in [0, 0.05) is 21.1 Å². The third kappa shape index (κ3) is 3.47. The fourth-order valence-corrected chi connectivity index (χ4v) is 10.1. The van der Waals surface area contributed by atoms with Crippen LogP contribution in [0.2, 0.25) is 0 Å². The molecular weight excluding hydrogens is 589 g/mol. The highest BCUT2D eigenvalue weighted by Gasteiger charge is 2.42. The van der Waals surface area contributed by atoms with Gasteiger partial charge in [0.05, 0.1) is 16.1 Å². The van der Waals surface area contributed by atoms with E-state index in [1.165, 1.54) is 53.4 Å². The highest BCUT2D eigenvalue weighted by atomic mass is 32.1. The van der Waals surface area contributed by atoms with Crippen molar-refractivity contribution in [2.75, 3.05) is 4.90 Å². The van der Waals surface area contributed by atoms with Crippen LogP contribution >= 0.6 is 22.7 Å². The standard InChI is InChI=1S/C39H26BNO2S2/c1-39(2)24-11-3-7-15-28(24)41(29-16-8-4-12-25(29)39)38-35(37-34(45-38)19-20-44-37)23-21-32-36-33(22-23)43-31-18-10-6-14-27(31)40(36)26-13-5-9-17-30(26)42-32/h3-22H,1-2H3. The molecule has 3 aliphatic heterocycles. The second-order valence-corrected chi connectivity index (χ2v) is 14.4. The van der Waals surface area contributed by atoms with E-state index in [0.717, 1.165) is 34.0 Å². The van der Waals surface area contributed by atoms with E-state index in [9.17, 15) is 0 Å². The summed E-state index contributed by atoms with van der Waals surface area (Å²) < 4.78 is 16.0. The Morgan fingerprint density at radius 3 is 1.82 bits per heavy atom. The van der Waals surface area contributed by atoms with Gasteiger partial charge in [0.15, 0.2) is 0 Å². The molecule has 0 saturated heterocycles. The Kier molecular flexibility index (Phi) is 5.18. The highest BCUT2D eigenvalue weighted by molar-refractivity contribution is 7.30. The Hall–Kier alpha value is -4.78. The molecule has 3 aliphatic rings. The molecule has 0 atom stereocenters. The zero-order chi connectivity index (χ0) is 29.9. The van der Waals surface area contributed by atoms with Gasteiger partial charge in [-0.05, 0) is 75.5 Å². The number of para-hydroxylation sites is 4. The molecule has 0 fully saturated rings. The molecule has 5 heterocycles. The summed E-state index contributed by atoms with van der Waals surface area (Å²) >= 11 is 3.66. The number of anilines is 3. The van der Waals surface area contributed by atoms with Gasteiger partial charge in [0.25, 0.3) is 6.71 Å². The molecule has 3 nitrogen and oxygen atoms in total. The maximum absolute atomic E-state index is 6.71. The zero-order valence-corrected chi connectivity index (χ0v) is 26.3. The lowest BCUT2D eigenvalue weighted by Crippen LogP contribution is -2.57. The summed E-state index contributed by atoms with van der Waals surface area (Å²) in [5.41, 5.74) is 10.8. The van der Waals surface area contributed by atoms with Crippen molar-refractivity contribution in [1.82, 2.24) is 0 Å². The molecule has 10 rings (SSSR count). The topological polar surface area (TPSA) is 21.7 Å². The van der Waals surface area contributed by atoms with Crippen molar-refractivity contribution in [3.05, 3.63) is 132 Å². The van der Waals surface area contributed by atoms with E-state index >= 15 is 0 Å². The monoisotopic (exact) mass is 615 g/mol. The Balaban J connectivity index is 1.24. The molecule has 0 unspecified atom stereocenters. The first-order valence-electron chi connectivity index (χ1n) is 15.3. The SMILES string of the molecule is CC1(C)c2ccccc2N(c2sc3ccsc3c2-c2cc3c4c(c2)Oc2ccccc2B4c2ccccc2O3)c2ccccc21. The quantitative estimate of drug-likeness (QED) is 0.181. The smallest absolute Gasteiger partial charge is 0.260 e. The summed E-state index contributed by atoms with van der Waals surface area (Å²) in [5, 5.41) is 3.41. The number of thiophene rings is 2. The van der Waals surface area contributed by atoms with Crippen LogP contribution in [0.5, 0.6) is 23.0 Å². The molecule has 0 spiro atoms. The van der Waals surface area contributed by atoms with Crippen LogP contribution in [0.4, 0.5) is 16.4 Å². The first-order chi connectivity index (χ1) is 22.1. The van der Waals surface area contributed by atoms with Crippen LogP contribution in [-0.4, -0.2) is 6.71 Å². The third-order valence-corrected chi connectivity index (χ3v) is 11.9. The summed E-state index contributed by atoms with van der Waals surface area (Å²) in [7, 11) is 0. The van der Waals surface area contributed by atoms with Crippen LogP contribution in [-0.2, 0) is 5.41 Å². The molecule has 45 heavy (non-hydrogen) atoms. The molecule has 5 aromatic carbocycles. The predicted octanol–water partition coefficient (Wildman–Crippen LogP) is 9.47. The van der Waals surface area contributed by atoms with Gasteiger partial charge in [-0.25, -0.2) is 0 Å². The molecule has 2 aromatic heterocycles. The third-order valence-electron chi connectivity index (χ3n) is 9.70. The van der Waals surface area contributed by atoms with Crippen molar-refractivity contribution < 1.29 is 9.47 Å². The minimum atomic E-state index is -0.119. The number of nitrogens with zero attached hydrogens (tertiary/aromatic N) is 1. The van der Waals surface area contributed by atoms with Gasteiger partial charge in [-0.15, -0.1) is 22.7 Å². The summed E-state index contributed by atoms with van der Waals surface area (Å²) in [5.74, 6) is 3.54. The summed E-state index contributed by atoms with van der Waals surface area (Å²) in [6.07, 6.45) is 0. The van der Waals surface area contributed by atoms with Crippen molar-refractivity contribution >= 4 is 71.6 Å². The number of fused-ring (bicyclic) bond motifs is 7. The number of benzene rings is 5. The molecule has 0 radical (unpaired) electrons. The molecule has 0 bridgehead atoms. The molecule has 0 amide bonds. The number of rotatable bonds is 2. The number of ether oxygens (including phenoxy) is 2. The van der Waals surface area contributed by atoms with Crippen LogP contribution in [0.25, 0.3) is 20.5 Å². The van der Waals surface area contributed by atoms with E-state index in [1.807, 2.05) is 11.3 Å². The lowest BCUT2D eigenvalue weighted by atomic mass is 9.35. The Morgan fingerprint density at radius 2 is 1.20 bits per heavy atom. The number of hydrogen-bond donors (Lipinski definition) is 0. The minimum absolute atomic E-state index is 0.0609. The average Bonchev–Trinajstić information content (AvgIpc) is 3.66. The lowest BCUT2D eigenvalue weighted by molar-refractivity contribution is 0.465. The molecule has 0 N–H and O–H groups in total. The normalized spacial score (nSPS) is 14.9. The average molecular weight is 616 g/mol. The first-order valence-corrected chi connectivity index (χ1v) is 17.0. The van der Waals surface area contributed by atoms with Gasteiger partial charge >= 0.3 is 0 Å². The maximum atomic E-state index is 6.71. The van der Waals surface area contributed by atoms with Crippen molar-refractivity contribution in [2.45, 2.75) is 19.3 Å². The van der Waals surface area contributed by atoms with Crippen LogP contribution in [0, 0.1) is 0 Å². The van der Waals surface area contributed by atoms with Crippen molar-refractivity contribution in [1.29, 1.82) is 0 Å². The van der Waals surface area contributed by atoms with E-state index in [2.05, 4.69) is 139 Å². The Morgan fingerprint density at radius 1 is 0.644 bits per heavy atom. The van der Waals surface area contributed by atoms with Gasteiger partial charge in [-0.1, -0.05) is 86.6 Å². The first kappa shape index (κ1) is 25.5. The van der Waals surface area contributed by atoms with Crippen LogP contribution in [0.3, 0.4) is 0 Å². The van der Waals surface area contributed by atoms with Gasteiger partial charge in [-0.2, -0.15) is 0 Å². The van der Waals surface area contributed by atoms with E-state index in [4.69, 9.17) is 9.47 Å². The van der Waals surface area contributed by atoms with Gasteiger partial charge in [-0.3, -0.25) is 0 Å². The lowest BCUT2D eigenvalue weighted by Gasteiger charge is -2.41. The largest absolute Gasteiger partial charge is 0.458 e. The Bertz CT molecular complexity index is 2230. The minimum Gasteiger partial charge on any atom is -0.458 e. The van der Waals surface area contributed by atoms with Crippen molar-refractivity contribution in [3.63, 3.8) is 0 Å². The van der Waals surface area contributed by atoms with Crippen molar-refractivity contribution in [2.24, 2.45) is 0 Å². The van der Waals surface area contributed by atoms with E-state index < -0.39 is 0 Å². The van der Waals surface area contributed by atoms with E-state index in [0.29, 0.717) is 0 Å². The van der Waals surface area contributed by atoms with E-state index in [1.54, 1.807) is 11.3 Å². The predicted molar refractivity (Wildman–Crippen MR) is 190 cm³/mol. The van der Waals surface area contributed by atoms with Crippen LogP contribution in [0.15, 0.2) is 121 Å². The molecule has 0 saturated carbocycles. The summed E-state index contributed by atoms with van der Waals surface area (Å²) in [4.78, 5) is 2.49. The van der Waals surface area contributed by atoms with Gasteiger partial charge in [0.2, 0.25) is 0 Å². The molecule has 7 aromatic rings. The number of hydrogen-bond acceptors (Lipinski definition) is 5. The fourth-order valence-electron chi connectivity index (χ4n) is 7.65. The second kappa shape index (κ2) is 9.13. The molecule has 0 aliphatic carbocycles. The Labute approximate surface area is 270 Å².